The number of carbonyl (C=O) groups excluding carboxylic acids is 1. The molecule has 1 fully saturated rings. The van der Waals surface area contributed by atoms with Crippen LogP contribution in [0.1, 0.15) is 22.8 Å². The number of esters is 1. The Labute approximate surface area is 211 Å². The predicted octanol–water partition coefficient (Wildman–Crippen LogP) is 6.66. The number of fused-ring (bicyclic) bond motifs is 1. The minimum absolute atomic E-state index is 0.268. The van der Waals surface area contributed by atoms with E-state index in [4.69, 9.17) is 16.3 Å². The molecule has 0 N–H and O–H groups in total. The summed E-state index contributed by atoms with van der Waals surface area (Å²) >= 11 is 6.18. The fourth-order valence-electron chi connectivity index (χ4n) is 4.83. The molecule has 1 heterocycles. The van der Waals surface area contributed by atoms with Crippen LogP contribution in [0, 0.1) is 0 Å². The molecule has 0 radical (unpaired) electrons. The average Bonchev–Trinajstić information content (AvgIpc) is 2.90. The molecule has 4 nitrogen and oxygen atoms in total. The van der Waals surface area contributed by atoms with E-state index in [2.05, 4.69) is 58.3 Å². The topological polar surface area (TPSA) is 32.8 Å². The lowest BCUT2D eigenvalue weighted by molar-refractivity contribution is 0.0526. The van der Waals surface area contributed by atoms with Gasteiger partial charge < -0.3 is 9.64 Å². The second kappa shape index (κ2) is 10.5. The van der Waals surface area contributed by atoms with Gasteiger partial charge in [0.2, 0.25) is 0 Å². The Bertz CT molecular complexity index is 1310. The SMILES string of the molecule is CCOC(=O)c1ccc(N2CCN(Cc3ccc4ccccc4c3-c3ccc(Cl)cc3)CC2)cc1. The van der Waals surface area contributed by atoms with Gasteiger partial charge in [-0.1, -0.05) is 60.1 Å². The van der Waals surface area contributed by atoms with Gasteiger partial charge in [-0.3, -0.25) is 4.90 Å². The van der Waals surface area contributed by atoms with Crippen LogP contribution in [0.3, 0.4) is 0 Å². The highest BCUT2D eigenvalue weighted by atomic mass is 35.5. The molecule has 0 aromatic heterocycles. The van der Waals surface area contributed by atoms with Crippen LogP contribution < -0.4 is 4.90 Å². The van der Waals surface area contributed by atoms with E-state index in [1.54, 1.807) is 0 Å². The summed E-state index contributed by atoms with van der Waals surface area (Å²) in [5.41, 5.74) is 5.56. The summed E-state index contributed by atoms with van der Waals surface area (Å²) in [5, 5.41) is 3.27. The third kappa shape index (κ3) is 5.19. The highest BCUT2D eigenvalue weighted by Gasteiger charge is 2.20. The Hall–Kier alpha value is -3.34. The summed E-state index contributed by atoms with van der Waals surface area (Å²) in [4.78, 5) is 16.8. The maximum absolute atomic E-state index is 11.9. The summed E-state index contributed by atoms with van der Waals surface area (Å²) < 4.78 is 5.09. The number of anilines is 1. The molecule has 0 saturated carbocycles. The van der Waals surface area contributed by atoms with Crippen LogP contribution in [-0.2, 0) is 11.3 Å². The Morgan fingerprint density at radius 2 is 1.57 bits per heavy atom. The Morgan fingerprint density at radius 3 is 2.29 bits per heavy atom. The number of carbonyl (C=O) groups is 1. The van der Waals surface area contributed by atoms with Crippen LogP contribution in [0.15, 0.2) is 84.9 Å². The van der Waals surface area contributed by atoms with E-state index in [0.29, 0.717) is 12.2 Å². The molecule has 1 saturated heterocycles. The lowest BCUT2D eigenvalue weighted by Crippen LogP contribution is -2.46. The highest BCUT2D eigenvalue weighted by Crippen LogP contribution is 2.34. The van der Waals surface area contributed by atoms with Gasteiger partial charge in [0.1, 0.15) is 0 Å². The second-order valence-electron chi connectivity index (χ2n) is 8.86. The lowest BCUT2D eigenvalue weighted by atomic mass is 9.93. The Kier molecular flexibility index (Phi) is 7.03. The first-order valence-corrected chi connectivity index (χ1v) is 12.5. The number of halogens is 1. The van der Waals surface area contributed by atoms with Crippen LogP contribution in [0.2, 0.25) is 5.02 Å². The van der Waals surface area contributed by atoms with Gasteiger partial charge in [0.05, 0.1) is 12.2 Å². The van der Waals surface area contributed by atoms with E-state index in [-0.39, 0.29) is 5.97 Å². The molecular weight excluding hydrogens is 456 g/mol. The Morgan fingerprint density at radius 1 is 0.857 bits per heavy atom. The van der Waals surface area contributed by atoms with Gasteiger partial charge in [-0.15, -0.1) is 0 Å². The van der Waals surface area contributed by atoms with Crippen molar-refractivity contribution in [1.82, 2.24) is 4.90 Å². The number of rotatable bonds is 6. The van der Waals surface area contributed by atoms with E-state index in [1.807, 2.05) is 43.3 Å². The predicted molar refractivity (Wildman–Crippen MR) is 144 cm³/mol. The van der Waals surface area contributed by atoms with Crippen molar-refractivity contribution in [3.05, 3.63) is 101 Å². The van der Waals surface area contributed by atoms with E-state index in [9.17, 15) is 4.79 Å². The van der Waals surface area contributed by atoms with Crippen LogP contribution in [0.5, 0.6) is 0 Å². The number of hydrogen-bond acceptors (Lipinski definition) is 4. The molecule has 0 atom stereocenters. The molecule has 4 aromatic rings. The Balaban J connectivity index is 1.32. The lowest BCUT2D eigenvalue weighted by Gasteiger charge is -2.36. The third-order valence-electron chi connectivity index (χ3n) is 6.66. The average molecular weight is 485 g/mol. The number of hydrogen-bond donors (Lipinski definition) is 0. The van der Waals surface area contributed by atoms with Crippen LogP contribution >= 0.6 is 11.6 Å². The molecule has 4 aromatic carbocycles. The van der Waals surface area contributed by atoms with Gasteiger partial charge >= 0.3 is 5.97 Å². The van der Waals surface area contributed by atoms with Crippen molar-refractivity contribution in [1.29, 1.82) is 0 Å². The van der Waals surface area contributed by atoms with Crippen molar-refractivity contribution in [3.63, 3.8) is 0 Å². The number of piperazine rings is 1. The summed E-state index contributed by atoms with van der Waals surface area (Å²) in [7, 11) is 0. The summed E-state index contributed by atoms with van der Waals surface area (Å²) in [6, 6.07) is 29.0. The molecule has 5 rings (SSSR count). The molecule has 0 bridgehead atoms. The number of ether oxygens (including phenoxy) is 1. The van der Waals surface area contributed by atoms with Gasteiger partial charge in [-0.05, 0) is 70.8 Å². The normalized spacial score (nSPS) is 14.3. The standard InChI is InChI=1S/C30H29ClN2O2/c1-2-35-30(34)24-11-15-27(16-12-24)33-19-17-32(18-20-33)21-25-8-7-22-5-3-4-6-28(22)29(25)23-9-13-26(31)14-10-23/h3-16H,2,17-21H2,1H3. The van der Waals surface area contributed by atoms with Crippen molar-refractivity contribution in [3.8, 4) is 11.1 Å². The van der Waals surface area contributed by atoms with E-state index < -0.39 is 0 Å². The molecule has 0 amide bonds. The zero-order chi connectivity index (χ0) is 24.2. The fraction of sp³-hybridized carbons (Fsp3) is 0.233. The minimum Gasteiger partial charge on any atom is -0.462 e. The summed E-state index contributed by atoms with van der Waals surface area (Å²) in [6.07, 6.45) is 0. The second-order valence-corrected chi connectivity index (χ2v) is 9.29. The van der Waals surface area contributed by atoms with E-state index >= 15 is 0 Å². The molecule has 178 valence electrons. The molecule has 1 aliphatic rings. The largest absolute Gasteiger partial charge is 0.462 e. The zero-order valence-corrected chi connectivity index (χ0v) is 20.7. The van der Waals surface area contributed by atoms with Gasteiger partial charge in [-0.2, -0.15) is 0 Å². The summed E-state index contributed by atoms with van der Waals surface area (Å²) in [5.74, 6) is -0.268. The third-order valence-corrected chi connectivity index (χ3v) is 6.91. The van der Waals surface area contributed by atoms with Crippen molar-refractivity contribution in [2.75, 3.05) is 37.7 Å². The van der Waals surface area contributed by atoms with Crippen molar-refractivity contribution in [2.45, 2.75) is 13.5 Å². The molecule has 0 unspecified atom stereocenters. The molecule has 0 spiro atoms. The van der Waals surface area contributed by atoms with Crippen molar-refractivity contribution in [2.24, 2.45) is 0 Å². The highest BCUT2D eigenvalue weighted by molar-refractivity contribution is 6.30. The molecule has 1 aliphatic heterocycles. The first-order chi connectivity index (χ1) is 17.1. The number of nitrogens with zero attached hydrogens (tertiary/aromatic N) is 2. The van der Waals surface area contributed by atoms with Crippen LogP contribution in [0.4, 0.5) is 5.69 Å². The number of benzene rings is 4. The van der Waals surface area contributed by atoms with Crippen LogP contribution in [0.25, 0.3) is 21.9 Å². The van der Waals surface area contributed by atoms with Gasteiger partial charge in [-0.25, -0.2) is 4.79 Å². The quantitative estimate of drug-likeness (QED) is 0.286. The smallest absolute Gasteiger partial charge is 0.338 e. The van der Waals surface area contributed by atoms with Crippen molar-refractivity contribution >= 4 is 34.0 Å². The minimum atomic E-state index is -0.268. The summed E-state index contributed by atoms with van der Waals surface area (Å²) in [6.45, 7) is 6.96. The molecular formula is C30H29ClN2O2. The molecule has 35 heavy (non-hydrogen) atoms. The van der Waals surface area contributed by atoms with Gasteiger partial charge in [0.15, 0.2) is 0 Å². The maximum atomic E-state index is 11.9. The van der Waals surface area contributed by atoms with Crippen LogP contribution in [-0.4, -0.2) is 43.7 Å². The molecule has 5 heteroatoms. The van der Waals surface area contributed by atoms with Crippen molar-refractivity contribution < 1.29 is 9.53 Å². The zero-order valence-electron chi connectivity index (χ0n) is 19.9. The first kappa shape index (κ1) is 23.4. The fourth-order valence-corrected chi connectivity index (χ4v) is 4.96. The first-order valence-electron chi connectivity index (χ1n) is 12.1. The van der Waals surface area contributed by atoms with E-state index in [1.165, 1.54) is 27.5 Å². The molecule has 0 aliphatic carbocycles. The van der Waals surface area contributed by atoms with Gasteiger partial charge in [0, 0.05) is 43.4 Å². The maximum Gasteiger partial charge on any atom is 0.338 e. The van der Waals surface area contributed by atoms with Gasteiger partial charge in [0.25, 0.3) is 0 Å². The van der Waals surface area contributed by atoms with E-state index in [0.717, 1.165) is 43.4 Å². The monoisotopic (exact) mass is 484 g/mol.